The summed E-state index contributed by atoms with van der Waals surface area (Å²) in [6, 6.07) is 6.43. The molecule has 1 aromatic carbocycles. The lowest BCUT2D eigenvalue weighted by Gasteiger charge is -2.18. The molecule has 0 saturated carbocycles. The van der Waals surface area contributed by atoms with Crippen LogP contribution in [0.2, 0.25) is 0 Å². The lowest BCUT2D eigenvalue weighted by atomic mass is 9.98. The van der Waals surface area contributed by atoms with E-state index in [9.17, 15) is 8.42 Å². The minimum Gasteiger partial charge on any atom is -0.494 e. The first-order chi connectivity index (χ1) is 8.24. The molecule has 0 bridgehead atoms. The molecular weight excluding hydrogens is 250 g/mol. The maximum Gasteiger partial charge on any atom is 0.240 e. The van der Waals surface area contributed by atoms with Crippen molar-refractivity contribution in [2.24, 2.45) is 5.41 Å². The molecule has 102 valence electrons. The van der Waals surface area contributed by atoms with Crippen LogP contribution in [0.15, 0.2) is 29.2 Å². The summed E-state index contributed by atoms with van der Waals surface area (Å²) in [5.74, 6) is 0.673. The number of sulfonamides is 1. The summed E-state index contributed by atoms with van der Waals surface area (Å²) in [6.07, 6.45) is 0. The largest absolute Gasteiger partial charge is 0.494 e. The molecule has 4 nitrogen and oxygen atoms in total. The van der Waals surface area contributed by atoms with Crippen molar-refractivity contribution in [1.82, 2.24) is 4.72 Å². The fourth-order valence-corrected chi connectivity index (χ4v) is 2.56. The molecule has 0 saturated heterocycles. The summed E-state index contributed by atoms with van der Waals surface area (Å²) < 4.78 is 31.9. The maximum absolute atomic E-state index is 12.0. The van der Waals surface area contributed by atoms with Crippen LogP contribution >= 0.6 is 0 Å². The van der Waals surface area contributed by atoms with Gasteiger partial charge in [-0.1, -0.05) is 20.8 Å². The van der Waals surface area contributed by atoms with Gasteiger partial charge in [0.15, 0.2) is 0 Å². The van der Waals surface area contributed by atoms with E-state index in [1.807, 2.05) is 27.7 Å². The van der Waals surface area contributed by atoms with Crippen LogP contribution in [0, 0.1) is 5.41 Å². The van der Waals surface area contributed by atoms with Crippen LogP contribution in [0.4, 0.5) is 0 Å². The molecule has 0 aromatic heterocycles. The van der Waals surface area contributed by atoms with Gasteiger partial charge in [-0.3, -0.25) is 0 Å². The molecule has 1 aromatic rings. The summed E-state index contributed by atoms with van der Waals surface area (Å²) in [6.45, 7) is 8.79. The number of hydrogen-bond acceptors (Lipinski definition) is 3. The van der Waals surface area contributed by atoms with Gasteiger partial charge >= 0.3 is 0 Å². The molecule has 5 heteroatoms. The molecule has 0 amide bonds. The third kappa shape index (κ3) is 4.66. The molecule has 0 aliphatic rings. The van der Waals surface area contributed by atoms with E-state index in [4.69, 9.17) is 4.74 Å². The molecule has 18 heavy (non-hydrogen) atoms. The highest BCUT2D eigenvalue weighted by atomic mass is 32.2. The summed E-state index contributed by atoms with van der Waals surface area (Å²) >= 11 is 0. The molecule has 0 unspecified atom stereocenters. The highest BCUT2D eigenvalue weighted by molar-refractivity contribution is 7.89. The highest BCUT2D eigenvalue weighted by Gasteiger charge is 2.18. The second-order valence-corrected chi connectivity index (χ2v) is 7.06. The van der Waals surface area contributed by atoms with E-state index >= 15 is 0 Å². The monoisotopic (exact) mass is 271 g/mol. The van der Waals surface area contributed by atoms with Crippen LogP contribution in [-0.2, 0) is 10.0 Å². The van der Waals surface area contributed by atoms with Gasteiger partial charge in [0.05, 0.1) is 11.5 Å². The summed E-state index contributed by atoms with van der Waals surface area (Å²) in [7, 11) is -3.43. The van der Waals surface area contributed by atoms with E-state index < -0.39 is 10.0 Å². The molecular formula is C13H21NO3S. The molecule has 0 heterocycles. The highest BCUT2D eigenvalue weighted by Crippen LogP contribution is 2.17. The zero-order valence-corrected chi connectivity index (χ0v) is 12.2. The number of hydrogen-bond donors (Lipinski definition) is 1. The first-order valence-electron chi connectivity index (χ1n) is 5.97. The Morgan fingerprint density at radius 3 is 2.17 bits per heavy atom. The second kappa shape index (κ2) is 5.71. The minimum atomic E-state index is -3.43. The van der Waals surface area contributed by atoms with Crippen LogP contribution in [0.5, 0.6) is 5.75 Å². The predicted octanol–water partition coefficient (Wildman–Crippen LogP) is 2.41. The van der Waals surface area contributed by atoms with Crippen molar-refractivity contribution in [3.8, 4) is 5.75 Å². The van der Waals surface area contributed by atoms with Crippen molar-refractivity contribution in [2.75, 3.05) is 13.2 Å². The fraction of sp³-hybridized carbons (Fsp3) is 0.538. The normalized spacial score (nSPS) is 12.4. The van der Waals surface area contributed by atoms with E-state index in [2.05, 4.69) is 4.72 Å². The van der Waals surface area contributed by atoms with E-state index in [1.165, 1.54) is 0 Å². The van der Waals surface area contributed by atoms with Crippen molar-refractivity contribution in [2.45, 2.75) is 32.6 Å². The lowest BCUT2D eigenvalue weighted by molar-refractivity contribution is 0.340. The van der Waals surface area contributed by atoms with Gasteiger partial charge in [-0.25, -0.2) is 13.1 Å². The summed E-state index contributed by atoms with van der Waals surface area (Å²) in [4.78, 5) is 0.259. The van der Waals surface area contributed by atoms with Crippen LogP contribution in [0.25, 0.3) is 0 Å². The third-order valence-corrected chi connectivity index (χ3v) is 3.65. The van der Waals surface area contributed by atoms with Gasteiger partial charge in [0.25, 0.3) is 0 Å². The zero-order chi connectivity index (χ0) is 13.8. The lowest BCUT2D eigenvalue weighted by Crippen LogP contribution is -2.32. The first-order valence-corrected chi connectivity index (χ1v) is 7.45. The number of ether oxygens (including phenoxy) is 1. The molecule has 0 radical (unpaired) electrons. The quantitative estimate of drug-likeness (QED) is 0.894. The Bertz CT molecular complexity index is 472. The van der Waals surface area contributed by atoms with Gasteiger partial charge in [-0.15, -0.1) is 0 Å². The Hall–Kier alpha value is -1.07. The van der Waals surface area contributed by atoms with Crippen molar-refractivity contribution in [3.05, 3.63) is 24.3 Å². The number of nitrogens with one attached hydrogen (secondary N) is 1. The average molecular weight is 271 g/mol. The van der Waals surface area contributed by atoms with Crippen LogP contribution in [0.1, 0.15) is 27.7 Å². The molecule has 0 spiro atoms. The van der Waals surface area contributed by atoms with Crippen molar-refractivity contribution in [1.29, 1.82) is 0 Å². The van der Waals surface area contributed by atoms with Crippen molar-refractivity contribution in [3.63, 3.8) is 0 Å². The van der Waals surface area contributed by atoms with Gasteiger partial charge in [-0.05, 0) is 36.6 Å². The van der Waals surface area contributed by atoms with Crippen LogP contribution < -0.4 is 9.46 Å². The van der Waals surface area contributed by atoms with Crippen molar-refractivity contribution >= 4 is 10.0 Å². The van der Waals surface area contributed by atoms with Gasteiger partial charge < -0.3 is 4.74 Å². The van der Waals surface area contributed by atoms with E-state index in [0.29, 0.717) is 18.9 Å². The van der Waals surface area contributed by atoms with E-state index in [0.717, 1.165) is 0 Å². The van der Waals surface area contributed by atoms with Crippen molar-refractivity contribution < 1.29 is 13.2 Å². The first kappa shape index (κ1) is 15.0. The number of rotatable bonds is 5. The molecule has 0 fully saturated rings. The maximum atomic E-state index is 12.0. The van der Waals surface area contributed by atoms with Crippen LogP contribution in [-0.4, -0.2) is 21.6 Å². The summed E-state index contributed by atoms with van der Waals surface area (Å²) in [5.41, 5.74) is -0.0850. The van der Waals surface area contributed by atoms with Crippen LogP contribution in [0.3, 0.4) is 0 Å². The average Bonchev–Trinajstić information content (AvgIpc) is 2.27. The smallest absolute Gasteiger partial charge is 0.240 e. The second-order valence-electron chi connectivity index (χ2n) is 5.29. The molecule has 0 atom stereocenters. The SMILES string of the molecule is CCOc1ccc(S(=O)(=O)NCC(C)(C)C)cc1. The Kier molecular flexibility index (Phi) is 4.76. The summed E-state index contributed by atoms with van der Waals surface area (Å²) in [5, 5.41) is 0. The number of benzene rings is 1. The zero-order valence-electron chi connectivity index (χ0n) is 11.4. The standard InChI is InChI=1S/C13H21NO3S/c1-5-17-11-6-8-12(9-7-11)18(15,16)14-10-13(2,3)4/h6-9,14H,5,10H2,1-4H3. The van der Waals surface area contributed by atoms with Gasteiger partial charge in [0.2, 0.25) is 10.0 Å². The van der Waals surface area contributed by atoms with Gasteiger partial charge in [0.1, 0.15) is 5.75 Å². The third-order valence-electron chi connectivity index (χ3n) is 2.24. The van der Waals surface area contributed by atoms with Gasteiger partial charge in [-0.2, -0.15) is 0 Å². The van der Waals surface area contributed by atoms with E-state index in [1.54, 1.807) is 24.3 Å². The Morgan fingerprint density at radius 2 is 1.72 bits per heavy atom. The topological polar surface area (TPSA) is 55.4 Å². The predicted molar refractivity (Wildman–Crippen MR) is 72.3 cm³/mol. The molecule has 0 aliphatic heterocycles. The molecule has 0 aliphatic carbocycles. The molecule has 1 rings (SSSR count). The Balaban J connectivity index is 2.79. The van der Waals surface area contributed by atoms with Gasteiger partial charge in [0, 0.05) is 6.54 Å². The minimum absolute atomic E-state index is 0.0850. The Morgan fingerprint density at radius 1 is 1.17 bits per heavy atom. The van der Waals surface area contributed by atoms with E-state index in [-0.39, 0.29) is 10.3 Å². The fourth-order valence-electron chi connectivity index (χ4n) is 1.28. The Labute approximate surface area is 109 Å². The molecule has 1 N–H and O–H groups in total.